The summed E-state index contributed by atoms with van der Waals surface area (Å²) in [6.07, 6.45) is 5.15. The van der Waals surface area contributed by atoms with E-state index in [0.717, 1.165) is 25.9 Å². The predicted octanol–water partition coefficient (Wildman–Crippen LogP) is 1.89. The van der Waals surface area contributed by atoms with Crippen molar-refractivity contribution in [3.63, 3.8) is 0 Å². The van der Waals surface area contributed by atoms with Gasteiger partial charge < -0.3 is 14.5 Å². The maximum Gasteiger partial charge on any atom is 0.225 e. The first kappa shape index (κ1) is 14.3. The van der Waals surface area contributed by atoms with E-state index in [2.05, 4.69) is 23.6 Å². The van der Waals surface area contributed by atoms with Gasteiger partial charge in [0.15, 0.2) is 0 Å². The van der Waals surface area contributed by atoms with Crippen LogP contribution in [0.4, 0.5) is 0 Å². The van der Waals surface area contributed by atoms with Crippen molar-refractivity contribution in [3.05, 3.63) is 0 Å². The van der Waals surface area contributed by atoms with Crippen LogP contribution in [-0.2, 0) is 9.53 Å². The third-order valence-corrected chi connectivity index (χ3v) is 5.77. The predicted molar refractivity (Wildman–Crippen MR) is 78.5 cm³/mol. The van der Waals surface area contributed by atoms with Crippen molar-refractivity contribution in [1.29, 1.82) is 0 Å². The number of carbonyl (C=O) groups is 1. The third kappa shape index (κ3) is 2.37. The molecule has 2 saturated heterocycles. The van der Waals surface area contributed by atoms with Gasteiger partial charge in [0, 0.05) is 38.2 Å². The Bertz CT molecular complexity index is 378. The first-order valence-corrected chi connectivity index (χ1v) is 8.05. The highest BCUT2D eigenvalue weighted by Crippen LogP contribution is 2.43. The molecule has 0 atom stereocenters. The fourth-order valence-electron chi connectivity index (χ4n) is 4.02. The van der Waals surface area contributed by atoms with Crippen LogP contribution in [0.1, 0.15) is 46.0 Å². The van der Waals surface area contributed by atoms with E-state index in [1.54, 1.807) is 7.11 Å². The number of ether oxygens (including phenoxy) is 1. The topological polar surface area (TPSA) is 32.8 Å². The van der Waals surface area contributed by atoms with Crippen molar-refractivity contribution in [3.8, 4) is 0 Å². The Morgan fingerprint density at radius 2 is 1.90 bits per heavy atom. The van der Waals surface area contributed by atoms with Gasteiger partial charge in [0.1, 0.15) is 0 Å². The second-order valence-electron chi connectivity index (χ2n) is 7.48. The number of amides is 1. The largest absolute Gasteiger partial charge is 0.378 e. The summed E-state index contributed by atoms with van der Waals surface area (Å²) in [6, 6.07) is 0.630. The van der Waals surface area contributed by atoms with Crippen molar-refractivity contribution in [1.82, 2.24) is 9.80 Å². The number of rotatable bonds is 4. The lowest BCUT2D eigenvalue weighted by molar-refractivity contribution is -0.154. The standard InChI is InChI=1S/C16H28N2O2/c1-13(2)17-8-7-15(10-17)11-18(12-15)14(19)9-16(20-3)5-4-6-16/h13H,4-12H2,1-3H3. The molecule has 2 heterocycles. The molecule has 3 aliphatic rings. The van der Waals surface area contributed by atoms with Crippen LogP contribution in [0.25, 0.3) is 0 Å². The molecule has 2 aliphatic heterocycles. The molecule has 0 aromatic heterocycles. The van der Waals surface area contributed by atoms with Gasteiger partial charge in [-0.3, -0.25) is 4.79 Å². The fourth-order valence-corrected chi connectivity index (χ4v) is 4.02. The quantitative estimate of drug-likeness (QED) is 0.788. The van der Waals surface area contributed by atoms with Gasteiger partial charge in [-0.05, 0) is 46.1 Å². The van der Waals surface area contributed by atoms with Gasteiger partial charge in [0.05, 0.1) is 12.0 Å². The highest BCUT2D eigenvalue weighted by molar-refractivity contribution is 5.78. The SMILES string of the molecule is COC1(CC(=O)N2CC3(CCN(C(C)C)C3)C2)CCC1. The maximum atomic E-state index is 12.4. The molecule has 3 fully saturated rings. The number of hydrogen-bond acceptors (Lipinski definition) is 3. The van der Waals surface area contributed by atoms with Gasteiger partial charge >= 0.3 is 0 Å². The molecule has 3 rings (SSSR count). The summed E-state index contributed by atoms with van der Waals surface area (Å²) in [4.78, 5) is 17.0. The van der Waals surface area contributed by atoms with Gasteiger partial charge in [-0.1, -0.05) is 0 Å². The Morgan fingerprint density at radius 1 is 1.20 bits per heavy atom. The maximum absolute atomic E-state index is 12.4. The van der Waals surface area contributed by atoms with E-state index >= 15 is 0 Å². The van der Waals surface area contributed by atoms with E-state index < -0.39 is 0 Å². The minimum Gasteiger partial charge on any atom is -0.378 e. The molecular weight excluding hydrogens is 252 g/mol. The minimum atomic E-state index is -0.126. The van der Waals surface area contributed by atoms with Crippen LogP contribution < -0.4 is 0 Å². The van der Waals surface area contributed by atoms with Crippen LogP contribution in [0.3, 0.4) is 0 Å². The summed E-state index contributed by atoms with van der Waals surface area (Å²) in [5, 5.41) is 0. The Balaban J connectivity index is 1.49. The van der Waals surface area contributed by atoms with Crippen LogP contribution in [-0.4, -0.2) is 60.6 Å². The molecule has 1 amide bonds. The zero-order valence-electron chi connectivity index (χ0n) is 13.2. The molecule has 0 unspecified atom stereocenters. The van der Waals surface area contributed by atoms with E-state index in [-0.39, 0.29) is 5.60 Å². The smallest absolute Gasteiger partial charge is 0.225 e. The van der Waals surface area contributed by atoms with Crippen molar-refractivity contribution < 1.29 is 9.53 Å². The Kier molecular flexibility index (Phi) is 3.57. The van der Waals surface area contributed by atoms with E-state index in [4.69, 9.17) is 4.74 Å². The van der Waals surface area contributed by atoms with E-state index in [9.17, 15) is 4.79 Å². The van der Waals surface area contributed by atoms with Gasteiger partial charge in [0.25, 0.3) is 0 Å². The van der Waals surface area contributed by atoms with Crippen LogP contribution in [0.2, 0.25) is 0 Å². The molecule has 0 aromatic carbocycles. The van der Waals surface area contributed by atoms with Crippen LogP contribution in [0.15, 0.2) is 0 Å². The number of likely N-dealkylation sites (tertiary alicyclic amines) is 2. The van der Waals surface area contributed by atoms with E-state index in [0.29, 0.717) is 23.8 Å². The van der Waals surface area contributed by atoms with Crippen molar-refractivity contribution in [2.45, 2.75) is 57.6 Å². The molecule has 0 radical (unpaired) electrons. The molecule has 0 aromatic rings. The molecule has 20 heavy (non-hydrogen) atoms. The number of hydrogen-bond donors (Lipinski definition) is 0. The Hall–Kier alpha value is -0.610. The zero-order valence-corrected chi connectivity index (χ0v) is 13.2. The summed E-state index contributed by atoms with van der Waals surface area (Å²) in [5.74, 6) is 0.306. The van der Waals surface area contributed by atoms with Crippen LogP contribution in [0.5, 0.6) is 0 Å². The third-order valence-electron chi connectivity index (χ3n) is 5.77. The monoisotopic (exact) mass is 280 g/mol. The van der Waals surface area contributed by atoms with E-state index in [1.165, 1.54) is 25.9 Å². The van der Waals surface area contributed by atoms with Crippen LogP contribution in [0, 0.1) is 5.41 Å². The molecule has 114 valence electrons. The van der Waals surface area contributed by atoms with Gasteiger partial charge in [-0.25, -0.2) is 0 Å². The summed E-state index contributed by atoms with van der Waals surface area (Å²) in [6.45, 7) is 8.83. The average molecular weight is 280 g/mol. The normalized spacial score (nSPS) is 27.7. The molecule has 1 spiro atoms. The Labute approximate surface area is 122 Å². The lowest BCUT2D eigenvalue weighted by Gasteiger charge is -2.50. The minimum absolute atomic E-state index is 0.126. The first-order chi connectivity index (χ1) is 9.48. The molecule has 1 saturated carbocycles. The van der Waals surface area contributed by atoms with Crippen molar-refractivity contribution in [2.75, 3.05) is 33.3 Å². The summed E-state index contributed by atoms with van der Waals surface area (Å²) >= 11 is 0. The van der Waals surface area contributed by atoms with Crippen LogP contribution >= 0.6 is 0 Å². The van der Waals surface area contributed by atoms with Crippen molar-refractivity contribution in [2.24, 2.45) is 5.41 Å². The lowest BCUT2D eigenvalue weighted by Crippen LogP contribution is -2.61. The second-order valence-corrected chi connectivity index (χ2v) is 7.48. The molecule has 0 N–H and O–H groups in total. The van der Waals surface area contributed by atoms with E-state index in [1.807, 2.05) is 0 Å². The first-order valence-electron chi connectivity index (χ1n) is 8.05. The molecule has 4 heteroatoms. The summed E-state index contributed by atoms with van der Waals surface area (Å²) < 4.78 is 5.57. The Morgan fingerprint density at radius 3 is 2.35 bits per heavy atom. The number of methoxy groups -OCH3 is 1. The fraction of sp³-hybridized carbons (Fsp3) is 0.938. The highest BCUT2D eigenvalue weighted by atomic mass is 16.5. The highest BCUT2D eigenvalue weighted by Gasteiger charge is 2.50. The average Bonchev–Trinajstić information content (AvgIpc) is 2.77. The number of carbonyl (C=O) groups excluding carboxylic acids is 1. The van der Waals surface area contributed by atoms with Crippen molar-refractivity contribution >= 4 is 5.91 Å². The molecule has 0 bridgehead atoms. The van der Waals surface area contributed by atoms with Gasteiger partial charge in [-0.15, -0.1) is 0 Å². The zero-order chi connectivity index (χ0) is 14.4. The summed E-state index contributed by atoms with van der Waals surface area (Å²) in [7, 11) is 1.75. The van der Waals surface area contributed by atoms with Gasteiger partial charge in [-0.2, -0.15) is 0 Å². The lowest BCUT2D eigenvalue weighted by atomic mass is 9.75. The second kappa shape index (κ2) is 4.99. The number of nitrogens with zero attached hydrogens (tertiary/aromatic N) is 2. The summed E-state index contributed by atoms with van der Waals surface area (Å²) in [5.41, 5.74) is 0.277. The molecule has 4 nitrogen and oxygen atoms in total. The van der Waals surface area contributed by atoms with Gasteiger partial charge in [0.2, 0.25) is 5.91 Å². The molecular formula is C16H28N2O2. The molecule has 1 aliphatic carbocycles.